The van der Waals surface area contributed by atoms with E-state index in [9.17, 15) is 4.79 Å². The third-order valence-electron chi connectivity index (χ3n) is 5.49. The van der Waals surface area contributed by atoms with Crippen LogP contribution in [0.5, 0.6) is 0 Å². The van der Waals surface area contributed by atoms with Gasteiger partial charge in [0, 0.05) is 45.0 Å². The predicted molar refractivity (Wildman–Crippen MR) is 98.9 cm³/mol. The summed E-state index contributed by atoms with van der Waals surface area (Å²) in [6.07, 6.45) is 3.67. The molecule has 1 amide bonds. The minimum Gasteiger partial charge on any atom is -0.379 e. The van der Waals surface area contributed by atoms with Gasteiger partial charge in [-0.3, -0.25) is 14.3 Å². The minimum absolute atomic E-state index is 0.0319. The molecule has 2 N–H and O–H groups in total. The summed E-state index contributed by atoms with van der Waals surface area (Å²) in [7, 11) is 0. The fourth-order valence-corrected chi connectivity index (χ4v) is 4.02. The van der Waals surface area contributed by atoms with Crippen LogP contribution in [0.1, 0.15) is 30.1 Å². The van der Waals surface area contributed by atoms with E-state index < -0.39 is 0 Å². The van der Waals surface area contributed by atoms with Crippen LogP contribution in [0.2, 0.25) is 0 Å². The van der Waals surface area contributed by atoms with Crippen LogP contribution >= 0.6 is 0 Å². The lowest BCUT2D eigenvalue weighted by Gasteiger charge is -2.40. The van der Waals surface area contributed by atoms with E-state index in [-0.39, 0.29) is 5.91 Å². The molecule has 2 fully saturated rings. The third-order valence-corrected chi connectivity index (χ3v) is 5.49. The number of imidazole rings is 1. The SMILES string of the molecule is CCn1c(N)nc2cc(C(=O)N3CCC(N4CCOCC4)CC3)cnc21. The Morgan fingerprint density at radius 3 is 2.69 bits per heavy atom. The van der Waals surface area contributed by atoms with Crippen molar-refractivity contribution in [1.82, 2.24) is 24.3 Å². The number of likely N-dealkylation sites (tertiary alicyclic amines) is 1. The lowest BCUT2D eigenvalue weighted by molar-refractivity contribution is 0.00158. The number of piperidine rings is 1. The molecule has 2 aromatic heterocycles. The van der Waals surface area contributed by atoms with E-state index in [4.69, 9.17) is 10.5 Å². The molecule has 140 valence electrons. The highest BCUT2D eigenvalue weighted by Gasteiger charge is 2.28. The van der Waals surface area contributed by atoms with Gasteiger partial charge in [-0.1, -0.05) is 0 Å². The molecule has 0 aromatic carbocycles. The van der Waals surface area contributed by atoms with Crippen molar-refractivity contribution in [3.8, 4) is 0 Å². The number of ether oxygens (including phenoxy) is 1. The van der Waals surface area contributed by atoms with Gasteiger partial charge in [-0.15, -0.1) is 0 Å². The van der Waals surface area contributed by atoms with E-state index >= 15 is 0 Å². The fraction of sp³-hybridized carbons (Fsp3) is 0.611. The predicted octanol–water partition coefficient (Wildman–Crippen LogP) is 0.970. The van der Waals surface area contributed by atoms with Gasteiger partial charge in [0.25, 0.3) is 5.91 Å². The Hall–Kier alpha value is -2.19. The Balaban J connectivity index is 1.44. The van der Waals surface area contributed by atoms with Crippen molar-refractivity contribution in [2.24, 2.45) is 0 Å². The second-order valence-corrected chi connectivity index (χ2v) is 6.95. The number of morpholine rings is 1. The van der Waals surface area contributed by atoms with Gasteiger partial charge in [0.1, 0.15) is 5.52 Å². The van der Waals surface area contributed by atoms with Gasteiger partial charge in [-0.05, 0) is 25.8 Å². The first-order valence-electron chi connectivity index (χ1n) is 9.40. The highest BCUT2D eigenvalue weighted by molar-refractivity contribution is 5.96. The highest BCUT2D eigenvalue weighted by Crippen LogP contribution is 2.21. The average Bonchev–Trinajstić information content (AvgIpc) is 3.02. The molecule has 0 bridgehead atoms. The van der Waals surface area contributed by atoms with E-state index in [0.29, 0.717) is 29.6 Å². The summed E-state index contributed by atoms with van der Waals surface area (Å²) in [5.74, 6) is 0.468. The Labute approximate surface area is 152 Å². The van der Waals surface area contributed by atoms with Gasteiger partial charge in [0.05, 0.1) is 18.8 Å². The van der Waals surface area contributed by atoms with Crippen molar-refractivity contribution in [1.29, 1.82) is 0 Å². The molecular formula is C18H26N6O2. The summed E-state index contributed by atoms with van der Waals surface area (Å²) in [6, 6.07) is 2.37. The van der Waals surface area contributed by atoms with E-state index in [1.165, 1.54) is 0 Å². The van der Waals surface area contributed by atoms with Crippen LogP contribution < -0.4 is 5.73 Å². The maximum Gasteiger partial charge on any atom is 0.255 e. The van der Waals surface area contributed by atoms with Crippen molar-refractivity contribution in [3.05, 3.63) is 17.8 Å². The molecule has 0 atom stereocenters. The fourth-order valence-electron chi connectivity index (χ4n) is 4.02. The maximum atomic E-state index is 12.9. The lowest BCUT2D eigenvalue weighted by Crippen LogP contribution is -2.50. The molecule has 2 aliphatic heterocycles. The van der Waals surface area contributed by atoms with Crippen LogP contribution in [0.4, 0.5) is 5.95 Å². The Kier molecular flexibility index (Phi) is 4.78. The lowest BCUT2D eigenvalue weighted by atomic mass is 10.0. The van der Waals surface area contributed by atoms with Crippen molar-refractivity contribution in [3.63, 3.8) is 0 Å². The monoisotopic (exact) mass is 358 g/mol. The first-order chi connectivity index (χ1) is 12.7. The zero-order chi connectivity index (χ0) is 18.1. The van der Waals surface area contributed by atoms with E-state index in [1.54, 1.807) is 12.3 Å². The van der Waals surface area contributed by atoms with Gasteiger partial charge < -0.3 is 15.4 Å². The van der Waals surface area contributed by atoms with Crippen LogP contribution in [0, 0.1) is 0 Å². The Morgan fingerprint density at radius 1 is 1.27 bits per heavy atom. The number of hydrogen-bond acceptors (Lipinski definition) is 6. The smallest absolute Gasteiger partial charge is 0.255 e. The van der Waals surface area contributed by atoms with Crippen molar-refractivity contribution in [2.75, 3.05) is 45.1 Å². The number of fused-ring (bicyclic) bond motifs is 1. The molecule has 4 heterocycles. The zero-order valence-electron chi connectivity index (χ0n) is 15.2. The summed E-state index contributed by atoms with van der Waals surface area (Å²) in [6.45, 7) is 7.90. The van der Waals surface area contributed by atoms with Crippen LogP contribution in [-0.2, 0) is 11.3 Å². The first-order valence-corrected chi connectivity index (χ1v) is 9.40. The van der Waals surface area contributed by atoms with Crippen molar-refractivity contribution >= 4 is 23.0 Å². The molecule has 0 spiro atoms. The largest absolute Gasteiger partial charge is 0.379 e. The molecule has 2 aromatic rings. The van der Waals surface area contributed by atoms with E-state index in [1.807, 2.05) is 16.4 Å². The summed E-state index contributed by atoms with van der Waals surface area (Å²) >= 11 is 0. The molecule has 2 aliphatic rings. The van der Waals surface area contributed by atoms with E-state index in [2.05, 4.69) is 14.9 Å². The Bertz CT molecular complexity index is 790. The minimum atomic E-state index is 0.0319. The number of nitrogen functional groups attached to an aromatic ring is 1. The van der Waals surface area contributed by atoms with E-state index in [0.717, 1.165) is 57.9 Å². The molecule has 2 saturated heterocycles. The van der Waals surface area contributed by atoms with Gasteiger partial charge in [0.15, 0.2) is 5.65 Å². The molecule has 0 unspecified atom stereocenters. The number of carbonyl (C=O) groups is 1. The van der Waals surface area contributed by atoms with Gasteiger partial charge in [-0.25, -0.2) is 9.97 Å². The zero-order valence-corrected chi connectivity index (χ0v) is 15.2. The maximum absolute atomic E-state index is 12.9. The number of carbonyl (C=O) groups excluding carboxylic acids is 1. The number of nitrogens with two attached hydrogens (primary N) is 1. The third kappa shape index (κ3) is 3.14. The molecule has 8 heteroatoms. The molecule has 4 rings (SSSR count). The number of aromatic nitrogens is 3. The highest BCUT2D eigenvalue weighted by atomic mass is 16.5. The summed E-state index contributed by atoms with van der Waals surface area (Å²) in [4.78, 5) is 26.1. The van der Waals surface area contributed by atoms with Gasteiger partial charge >= 0.3 is 0 Å². The molecule has 26 heavy (non-hydrogen) atoms. The summed E-state index contributed by atoms with van der Waals surface area (Å²) in [5, 5.41) is 0. The topological polar surface area (TPSA) is 89.5 Å². The van der Waals surface area contributed by atoms with Crippen LogP contribution in [0.3, 0.4) is 0 Å². The van der Waals surface area contributed by atoms with Crippen molar-refractivity contribution in [2.45, 2.75) is 32.4 Å². The molecule has 0 radical (unpaired) electrons. The van der Waals surface area contributed by atoms with Gasteiger partial charge in [0.2, 0.25) is 5.95 Å². The molecule has 8 nitrogen and oxygen atoms in total. The van der Waals surface area contributed by atoms with Crippen LogP contribution in [-0.4, -0.2) is 75.7 Å². The second-order valence-electron chi connectivity index (χ2n) is 6.95. The molecular weight excluding hydrogens is 332 g/mol. The van der Waals surface area contributed by atoms with Crippen LogP contribution in [0.25, 0.3) is 11.2 Å². The standard InChI is InChI=1S/C18H26N6O2/c1-2-24-16-15(21-18(24)19)11-13(12-20-16)17(25)23-5-3-14(4-6-23)22-7-9-26-10-8-22/h11-12,14H,2-10H2,1H3,(H2,19,21). The average molecular weight is 358 g/mol. The van der Waals surface area contributed by atoms with Gasteiger partial charge in [-0.2, -0.15) is 0 Å². The number of nitrogens with zero attached hydrogens (tertiary/aromatic N) is 5. The number of pyridine rings is 1. The first kappa shape index (κ1) is 17.2. The number of hydrogen-bond donors (Lipinski definition) is 1. The normalized spacial score (nSPS) is 20.0. The molecule has 0 saturated carbocycles. The molecule has 0 aliphatic carbocycles. The number of amides is 1. The Morgan fingerprint density at radius 2 is 2.00 bits per heavy atom. The number of anilines is 1. The van der Waals surface area contributed by atoms with Crippen LogP contribution in [0.15, 0.2) is 12.3 Å². The summed E-state index contributed by atoms with van der Waals surface area (Å²) < 4.78 is 7.28. The second kappa shape index (κ2) is 7.20. The summed E-state index contributed by atoms with van der Waals surface area (Å²) in [5.41, 5.74) is 7.92. The number of rotatable bonds is 3. The van der Waals surface area contributed by atoms with Crippen molar-refractivity contribution < 1.29 is 9.53 Å². The quantitative estimate of drug-likeness (QED) is 0.879. The number of aryl methyl sites for hydroxylation is 1.